The van der Waals surface area contributed by atoms with Crippen molar-refractivity contribution < 1.29 is 23.5 Å². The van der Waals surface area contributed by atoms with Crippen LogP contribution in [0.25, 0.3) is 0 Å². The van der Waals surface area contributed by atoms with Gasteiger partial charge in [-0.2, -0.15) is 0 Å². The van der Waals surface area contributed by atoms with E-state index in [0.29, 0.717) is 49.8 Å². The molecule has 3 amide bonds. The normalized spacial score (nSPS) is 19.6. The Morgan fingerprint density at radius 3 is 2.48 bits per heavy atom. The van der Waals surface area contributed by atoms with Gasteiger partial charge in [-0.1, -0.05) is 30.3 Å². The predicted octanol–water partition coefficient (Wildman–Crippen LogP) is 1.52. The first kappa shape index (κ1) is 20.7. The van der Waals surface area contributed by atoms with Gasteiger partial charge in [-0.25, -0.2) is 9.59 Å². The van der Waals surface area contributed by atoms with E-state index in [1.54, 1.807) is 17.0 Å². The van der Waals surface area contributed by atoms with E-state index in [1.807, 2.05) is 30.3 Å². The molecule has 0 unspecified atom stereocenters. The number of hydrogen-bond acceptors (Lipinski definition) is 6. The van der Waals surface area contributed by atoms with Gasteiger partial charge < -0.3 is 24.7 Å². The van der Waals surface area contributed by atoms with Crippen molar-refractivity contribution in [2.24, 2.45) is 0 Å². The Morgan fingerprint density at radius 2 is 1.84 bits per heavy atom. The highest BCUT2D eigenvalue weighted by Crippen LogP contribution is 2.28. The van der Waals surface area contributed by atoms with Crippen LogP contribution in [0.5, 0.6) is 0 Å². The van der Waals surface area contributed by atoms with Gasteiger partial charge in [0.2, 0.25) is 0 Å². The Hall–Kier alpha value is -3.59. The fourth-order valence-electron chi connectivity index (χ4n) is 3.88. The third-order valence-electron chi connectivity index (χ3n) is 5.47. The summed E-state index contributed by atoms with van der Waals surface area (Å²) < 4.78 is 10.2. The number of esters is 1. The van der Waals surface area contributed by atoms with Crippen LogP contribution < -0.4 is 10.6 Å². The maximum absolute atomic E-state index is 12.6. The number of amides is 3. The molecule has 2 aliphatic rings. The second kappa shape index (κ2) is 9.05. The molecule has 1 saturated heterocycles. The number of rotatable bonds is 5. The van der Waals surface area contributed by atoms with Crippen LogP contribution in [0.15, 0.2) is 64.4 Å². The molecular formula is C22H24N4O5. The second-order valence-corrected chi connectivity index (χ2v) is 7.37. The van der Waals surface area contributed by atoms with Gasteiger partial charge in [0, 0.05) is 38.4 Å². The van der Waals surface area contributed by atoms with Crippen molar-refractivity contribution in [1.29, 1.82) is 0 Å². The van der Waals surface area contributed by atoms with E-state index in [9.17, 15) is 14.4 Å². The van der Waals surface area contributed by atoms with E-state index >= 15 is 0 Å². The number of urea groups is 1. The van der Waals surface area contributed by atoms with Crippen molar-refractivity contribution in [1.82, 2.24) is 20.4 Å². The Morgan fingerprint density at radius 1 is 1.10 bits per heavy atom. The number of carbonyl (C=O) groups excluding carboxylic acids is 3. The molecule has 0 radical (unpaired) electrons. The molecule has 1 atom stereocenters. The summed E-state index contributed by atoms with van der Waals surface area (Å²) >= 11 is 0. The minimum atomic E-state index is -0.598. The Labute approximate surface area is 179 Å². The zero-order chi connectivity index (χ0) is 21.8. The molecule has 0 spiro atoms. The van der Waals surface area contributed by atoms with E-state index < -0.39 is 12.0 Å². The number of furan rings is 1. The first-order chi connectivity index (χ1) is 15.1. The molecule has 2 N–H and O–H groups in total. The summed E-state index contributed by atoms with van der Waals surface area (Å²) in [6, 6.07) is 11.7. The smallest absolute Gasteiger partial charge is 0.338 e. The highest BCUT2D eigenvalue weighted by molar-refractivity contribution is 5.95. The van der Waals surface area contributed by atoms with Crippen LogP contribution >= 0.6 is 0 Å². The standard InChI is InChI=1S/C22H24N4O5/c1-30-21(28)18-16(23-22(29)24-19(18)15-6-3-2-4-7-15)14-25-9-11-26(12-10-25)20(27)17-8-5-13-31-17/h2-8,13,19H,9-12,14H2,1H3,(H2,23,24,29)/t19-/m0/s1. The summed E-state index contributed by atoms with van der Waals surface area (Å²) in [4.78, 5) is 41.3. The fraction of sp³-hybridized carbons (Fsp3) is 0.318. The Balaban J connectivity index is 1.51. The molecule has 0 aliphatic carbocycles. The SMILES string of the molecule is COC(=O)C1=C(CN2CCN(C(=O)c3ccco3)CC2)NC(=O)N[C@H]1c1ccccc1. The molecule has 9 heteroatoms. The molecular weight excluding hydrogens is 400 g/mol. The van der Waals surface area contributed by atoms with Gasteiger partial charge in [0.1, 0.15) is 0 Å². The molecule has 3 heterocycles. The molecule has 0 bridgehead atoms. The predicted molar refractivity (Wildman–Crippen MR) is 111 cm³/mol. The van der Waals surface area contributed by atoms with Gasteiger partial charge in [-0.05, 0) is 17.7 Å². The third-order valence-corrected chi connectivity index (χ3v) is 5.47. The minimum absolute atomic E-state index is 0.140. The number of piperazine rings is 1. The van der Waals surface area contributed by atoms with Crippen LogP contribution in [0.1, 0.15) is 22.2 Å². The summed E-state index contributed by atoms with van der Waals surface area (Å²) in [7, 11) is 1.32. The van der Waals surface area contributed by atoms with Gasteiger partial charge in [-0.3, -0.25) is 9.69 Å². The number of hydrogen-bond donors (Lipinski definition) is 2. The maximum atomic E-state index is 12.6. The van der Waals surface area contributed by atoms with E-state index in [-0.39, 0.29) is 11.9 Å². The average molecular weight is 424 g/mol. The van der Waals surface area contributed by atoms with Crippen LogP contribution in [-0.4, -0.2) is 67.5 Å². The van der Waals surface area contributed by atoms with Crippen LogP contribution in [0, 0.1) is 0 Å². The van der Waals surface area contributed by atoms with Gasteiger partial charge >= 0.3 is 12.0 Å². The second-order valence-electron chi connectivity index (χ2n) is 7.37. The molecule has 1 fully saturated rings. The van der Waals surface area contributed by atoms with Gasteiger partial charge in [0.05, 0.1) is 25.0 Å². The molecule has 2 aromatic rings. The highest BCUT2D eigenvalue weighted by atomic mass is 16.5. The van der Waals surface area contributed by atoms with Crippen molar-refractivity contribution in [2.75, 3.05) is 39.8 Å². The van der Waals surface area contributed by atoms with E-state index in [4.69, 9.17) is 9.15 Å². The monoisotopic (exact) mass is 424 g/mol. The summed E-state index contributed by atoms with van der Waals surface area (Å²) in [6.07, 6.45) is 1.48. The molecule has 9 nitrogen and oxygen atoms in total. The molecule has 4 rings (SSSR count). The minimum Gasteiger partial charge on any atom is -0.466 e. The van der Waals surface area contributed by atoms with Crippen LogP contribution in [0.4, 0.5) is 4.79 Å². The summed E-state index contributed by atoms with van der Waals surface area (Å²) in [5.41, 5.74) is 1.68. The lowest BCUT2D eigenvalue weighted by molar-refractivity contribution is -0.136. The largest absolute Gasteiger partial charge is 0.466 e. The maximum Gasteiger partial charge on any atom is 0.338 e. The quantitative estimate of drug-likeness (QED) is 0.706. The van der Waals surface area contributed by atoms with E-state index in [1.165, 1.54) is 13.4 Å². The first-order valence-corrected chi connectivity index (χ1v) is 10.1. The molecule has 1 aromatic carbocycles. The molecule has 0 saturated carbocycles. The summed E-state index contributed by atoms with van der Waals surface area (Å²) in [6.45, 7) is 2.61. The number of carbonyl (C=O) groups is 3. The average Bonchev–Trinajstić information content (AvgIpc) is 3.34. The van der Waals surface area contributed by atoms with E-state index in [0.717, 1.165) is 5.56 Å². The Bertz CT molecular complexity index is 979. The molecule has 1 aromatic heterocycles. The molecule has 162 valence electrons. The number of nitrogens with zero attached hydrogens (tertiary/aromatic N) is 2. The van der Waals surface area contributed by atoms with Crippen molar-refractivity contribution in [3.05, 3.63) is 71.3 Å². The Kier molecular flexibility index (Phi) is 6.03. The fourth-order valence-corrected chi connectivity index (χ4v) is 3.88. The number of methoxy groups -OCH3 is 1. The van der Waals surface area contributed by atoms with Gasteiger partial charge in [0.25, 0.3) is 5.91 Å². The summed E-state index contributed by atoms with van der Waals surface area (Å²) in [5.74, 6) is -0.318. The lowest BCUT2D eigenvalue weighted by atomic mass is 9.95. The number of benzene rings is 1. The van der Waals surface area contributed by atoms with E-state index in [2.05, 4.69) is 15.5 Å². The number of ether oxygens (including phenoxy) is 1. The van der Waals surface area contributed by atoms with Crippen molar-refractivity contribution in [2.45, 2.75) is 6.04 Å². The van der Waals surface area contributed by atoms with Crippen molar-refractivity contribution in [3.8, 4) is 0 Å². The van der Waals surface area contributed by atoms with Crippen molar-refractivity contribution in [3.63, 3.8) is 0 Å². The lowest BCUT2D eigenvalue weighted by Gasteiger charge is -2.36. The zero-order valence-electron chi connectivity index (χ0n) is 17.2. The molecule has 2 aliphatic heterocycles. The topological polar surface area (TPSA) is 104 Å². The first-order valence-electron chi connectivity index (χ1n) is 10.1. The lowest BCUT2D eigenvalue weighted by Crippen LogP contribution is -2.52. The van der Waals surface area contributed by atoms with Gasteiger partial charge in [-0.15, -0.1) is 0 Å². The zero-order valence-corrected chi connectivity index (χ0v) is 17.2. The third kappa shape index (κ3) is 4.46. The van der Waals surface area contributed by atoms with Crippen molar-refractivity contribution >= 4 is 17.9 Å². The number of nitrogens with one attached hydrogen (secondary N) is 2. The summed E-state index contributed by atoms with van der Waals surface area (Å²) in [5, 5.41) is 5.59. The highest BCUT2D eigenvalue weighted by Gasteiger charge is 2.34. The van der Waals surface area contributed by atoms with Gasteiger partial charge in [0.15, 0.2) is 5.76 Å². The van der Waals surface area contributed by atoms with Crippen LogP contribution in [0.3, 0.4) is 0 Å². The van der Waals surface area contributed by atoms with Crippen LogP contribution in [0.2, 0.25) is 0 Å². The van der Waals surface area contributed by atoms with Crippen LogP contribution in [-0.2, 0) is 9.53 Å². The molecule has 31 heavy (non-hydrogen) atoms.